The van der Waals surface area contributed by atoms with Crippen molar-refractivity contribution in [3.05, 3.63) is 40.7 Å². The molecule has 0 aliphatic carbocycles. The summed E-state index contributed by atoms with van der Waals surface area (Å²) in [4.78, 5) is 23.9. The van der Waals surface area contributed by atoms with E-state index in [-0.39, 0.29) is 12.0 Å². The van der Waals surface area contributed by atoms with Crippen LogP contribution in [0.1, 0.15) is 40.7 Å². The molecule has 1 fully saturated rings. The Hall–Kier alpha value is -1.99. The van der Waals surface area contributed by atoms with E-state index in [2.05, 4.69) is 15.3 Å². The molecule has 1 aliphatic heterocycles. The Kier molecular flexibility index (Phi) is 5.99. The molecule has 1 N–H and O–H groups in total. The highest BCUT2D eigenvalue weighted by atomic mass is 32.1. The summed E-state index contributed by atoms with van der Waals surface area (Å²) in [5.41, 5.74) is 1.89. The van der Waals surface area contributed by atoms with Gasteiger partial charge in [-0.05, 0) is 38.3 Å². The van der Waals surface area contributed by atoms with E-state index >= 15 is 0 Å². The van der Waals surface area contributed by atoms with Crippen molar-refractivity contribution < 1.29 is 9.53 Å². The Balaban J connectivity index is 1.50. The molecular weight excluding hydrogens is 336 g/mol. The molecule has 0 atom stereocenters. The van der Waals surface area contributed by atoms with Crippen molar-refractivity contribution in [1.82, 2.24) is 14.9 Å². The fourth-order valence-corrected chi connectivity index (χ4v) is 3.89. The van der Waals surface area contributed by atoms with Crippen molar-refractivity contribution in [1.29, 1.82) is 0 Å². The second-order valence-corrected chi connectivity index (χ2v) is 7.13. The largest absolute Gasteiger partial charge is 0.373 e. The highest BCUT2D eigenvalue weighted by Gasteiger charge is 2.26. The quantitative estimate of drug-likeness (QED) is 0.857. The van der Waals surface area contributed by atoms with E-state index in [1.165, 1.54) is 11.3 Å². The molecule has 1 saturated heterocycles. The van der Waals surface area contributed by atoms with Gasteiger partial charge in [-0.1, -0.05) is 17.4 Å². The zero-order chi connectivity index (χ0) is 17.6. The molecular formula is C18H24N4O2S. The number of ether oxygens (including phenoxy) is 1. The maximum absolute atomic E-state index is 12.7. The lowest BCUT2D eigenvalue weighted by atomic mass is 10.1. The van der Waals surface area contributed by atoms with Crippen LogP contribution in [0.25, 0.3) is 0 Å². The maximum Gasteiger partial charge on any atom is 0.265 e. The van der Waals surface area contributed by atoms with Crippen molar-refractivity contribution in [3.8, 4) is 0 Å². The molecule has 3 heterocycles. The summed E-state index contributed by atoms with van der Waals surface area (Å²) in [5.74, 6) is 0.0878. The minimum Gasteiger partial charge on any atom is -0.373 e. The number of carbonyl (C=O) groups is 1. The van der Waals surface area contributed by atoms with Gasteiger partial charge in [0.25, 0.3) is 5.91 Å². The van der Waals surface area contributed by atoms with Crippen molar-refractivity contribution in [3.63, 3.8) is 0 Å². The fraction of sp³-hybridized carbons (Fsp3) is 0.500. The fourth-order valence-electron chi connectivity index (χ4n) is 2.89. The first-order valence-electron chi connectivity index (χ1n) is 8.68. The summed E-state index contributed by atoms with van der Waals surface area (Å²) in [5, 5.41) is 4.00. The van der Waals surface area contributed by atoms with Crippen molar-refractivity contribution >= 4 is 22.4 Å². The van der Waals surface area contributed by atoms with Crippen LogP contribution in [-0.4, -0.2) is 46.5 Å². The topological polar surface area (TPSA) is 67.4 Å². The van der Waals surface area contributed by atoms with Gasteiger partial charge in [-0.3, -0.25) is 9.78 Å². The second-order valence-electron chi connectivity index (χ2n) is 6.13. The number of hydrogen-bond donors (Lipinski definition) is 1. The molecule has 0 spiro atoms. The van der Waals surface area contributed by atoms with Gasteiger partial charge in [-0.25, -0.2) is 4.98 Å². The normalized spacial score (nSPS) is 15.4. The second kappa shape index (κ2) is 8.40. The third kappa shape index (κ3) is 4.55. The van der Waals surface area contributed by atoms with E-state index < -0.39 is 0 Å². The number of amides is 1. The Morgan fingerprint density at radius 1 is 1.44 bits per heavy atom. The van der Waals surface area contributed by atoms with Gasteiger partial charge in [-0.15, -0.1) is 0 Å². The van der Waals surface area contributed by atoms with Gasteiger partial charge in [-0.2, -0.15) is 0 Å². The number of hydrogen-bond acceptors (Lipinski definition) is 6. The molecule has 0 saturated carbocycles. The van der Waals surface area contributed by atoms with Crippen LogP contribution in [-0.2, 0) is 11.3 Å². The number of aromatic nitrogens is 2. The summed E-state index contributed by atoms with van der Waals surface area (Å²) in [7, 11) is 0. The molecule has 25 heavy (non-hydrogen) atoms. The van der Waals surface area contributed by atoms with Crippen LogP contribution in [0.2, 0.25) is 0 Å². The lowest BCUT2D eigenvalue weighted by Crippen LogP contribution is -2.40. The summed E-state index contributed by atoms with van der Waals surface area (Å²) in [6, 6.07) is 3.93. The Bertz CT molecular complexity index is 696. The number of anilines is 1. The average molecular weight is 360 g/mol. The first kappa shape index (κ1) is 17.8. The van der Waals surface area contributed by atoms with E-state index in [4.69, 9.17) is 4.74 Å². The average Bonchev–Trinajstić information content (AvgIpc) is 3.01. The number of thiazole rings is 1. The van der Waals surface area contributed by atoms with Crippen molar-refractivity contribution in [2.24, 2.45) is 0 Å². The molecule has 0 bridgehead atoms. The van der Waals surface area contributed by atoms with E-state index in [1.807, 2.05) is 37.1 Å². The number of aryl methyl sites for hydroxylation is 1. The lowest BCUT2D eigenvalue weighted by Gasteiger charge is -2.31. The van der Waals surface area contributed by atoms with Gasteiger partial charge < -0.3 is 15.0 Å². The van der Waals surface area contributed by atoms with Crippen LogP contribution < -0.4 is 5.32 Å². The minimum atomic E-state index is 0.0878. The predicted octanol–water partition coefficient (Wildman–Crippen LogP) is 3.10. The van der Waals surface area contributed by atoms with Crippen molar-refractivity contribution in [2.45, 2.75) is 39.4 Å². The predicted molar refractivity (Wildman–Crippen MR) is 99.0 cm³/mol. The Labute approximate surface area is 152 Å². The van der Waals surface area contributed by atoms with E-state index in [1.54, 1.807) is 6.20 Å². The summed E-state index contributed by atoms with van der Waals surface area (Å²) >= 11 is 1.44. The SMILES string of the molecule is CCNc1nc(C)c(C(=O)N2CCC(OCc3cccnc3)CC2)s1. The van der Waals surface area contributed by atoms with E-state index in [0.29, 0.717) is 6.61 Å². The highest BCUT2D eigenvalue weighted by molar-refractivity contribution is 7.17. The first-order valence-corrected chi connectivity index (χ1v) is 9.50. The molecule has 2 aromatic heterocycles. The number of nitrogens with one attached hydrogen (secondary N) is 1. The van der Waals surface area contributed by atoms with Crippen LogP contribution in [0.5, 0.6) is 0 Å². The number of pyridine rings is 1. The molecule has 6 nitrogen and oxygen atoms in total. The zero-order valence-corrected chi connectivity index (χ0v) is 15.5. The van der Waals surface area contributed by atoms with Gasteiger partial charge >= 0.3 is 0 Å². The van der Waals surface area contributed by atoms with Gasteiger partial charge in [0, 0.05) is 32.0 Å². The monoisotopic (exact) mass is 360 g/mol. The zero-order valence-electron chi connectivity index (χ0n) is 14.7. The molecule has 1 amide bonds. The van der Waals surface area contributed by atoms with Crippen LogP contribution in [0.15, 0.2) is 24.5 Å². The van der Waals surface area contributed by atoms with Gasteiger partial charge in [0.2, 0.25) is 0 Å². The van der Waals surface area contributed by atoms with Crippen LogP contribution in [0.4, 0.5) is 5.13 Å². The van der Waals surface area contributed by atoms with Gasteiger partial charge in [0.15, 0.2) is 5.13 Å². The minimum absolute atomic E-state index is 0.0878. The summed E-state index contributed by atoms with van der Waals surface area (Å²) < 4.78 is 5.96. The molecule has 2 aromatic rings. The van der Waals surface area contributed by atoms with E-state index in [0.717, 1.165) is 53.7 Å². The number of piperidine rings is 1. The van der Waals surface area contributed by atoms with Gasteiger partial charge in [0.05, 0.1) is 18.4 Å². The lowest BCUT2D eigenvalue weighted by molar-refractivity contribution is -0.000377. The van der Waals surface area contributed by atoms with Crippen molar-refractivity contribution in [2.75, 3.05) is 25.0 Å². The third-order valence-electron chi connectivity index (χ3n) is 4.26. The Morgan fingerprint density at radius 3 is 2.92 bits per heavy atom. The van der Waals surface area contributed by atoms with Crippen LogP contribution >= 0.6 is 11.3 Å². The Morgan fingerprint density at radius 2 is 2.24 bits per heavy atom. The van der Waals surface area contributed by atoms with Crippen LogP contribution in [0.3, 0.4) is 0 Å². The molecule has 0 radical (unpaired) electrons. The number of carbonyl (C=O) groups excluding carboxylic acids is 1. The standard InChI is InChI=1S/C18H24N4O2S/c1-3-20-18-21-13(2)16(25-18)17(23)22-9-6-15(7-10-22)24-12-14-5-4-8-19-11-14/h4-5,8,11,15H,3,6-7,9-10,12H2,1-2H3,(H,20,21). The summed E-state index contributed by atoms with van der Waals surface area (Å²) in [6.07, 6.45) is 5.52. The molecule has 134 valence electrons. The number of rotatable bonds is 6. The third-order valence-corrected chi connectivity index (χ3v) is 5.36. The molecule has 3 rings (SSSR count). The number of likely N-dealkylation sites (tertiary alicyclic amines) is 1. The maximum atomic E-state index is 12.7. The van der Waals surface area contributed by atoms with E-state index in [9.17, 15) is 4.79 Å². The smallest absolute Gasteiger partial charge is 0.265 e. The molecule has 0 aromatic carbocycles. The highest BCUT2D eigenvalue weighted by Crippen LogP contribution is 2.25. The van der Waals surface area contributed by atoms with Gasteiger partial charge in [0.1, 0.15) is 4.88 Å². The molecule has 0 unspecified atom stereocenters. The molecule has 1 aliphatic rings. The summed E-state index contributed by atoms with van der Waals surface area (Å²) in [6.45, 7) is 6.75. The first-order chi connectivity index (χ1) is 12.2. The van der Waals surface area contributed by atoms with Crippen LogP contribution in [0, 0.1) is 6.92 Å². The molecule has 7 heteroatoms. The number of nitrogens with zero attached hydrogens (tertiary/aromatic N) is 3.